The summed E-state index contributed by atoms with van der Waals surface area (Å²) in [7, 11) is 3.07. The highest BCUT2D eigenvalue weighted by atomic mass is 16.7. The first kappa shape index (κ1) is 37.2. The lowest BCUT2D eigenvalue weighted by Crippen LogP contribution is -2.47. The van der Waals surface area contributed by atoms with Gasteiger partial charge in [-0.25, -0.2) is 9.59 Å². The summed E-state index contributed by atoms with van der Waals surface area (Å²) in [5.74, 6) is -0.506. The molecule has 6 rings (SSSR count). The van der Waals surface area contributed by atoms with E-state index in [2.05, 4.69) is 27.7 Å². The maximum Gasteiger partial charge on any atom is 0.328 e. The van der Waals surface area contributed by atoms with E-state index in [0.29, 0.717) is 19.1 Å². The van der Waals surface area contributed by atoms with Crippen molar-refractivity contribution in [2.75, 3.05) is 33.9 Å². The highest BCUT2D eigenvalue weighted by Crippen LogP contribution is 2.39. The summed E-state index contributed by atoms with van der Waals surface area (Å²) in [4.78, 5) is 27.9. The lowest BCUT2D eigenvalue weighted by atomic mass is 9.97. The van der Waals surface area contributed by atoms with Gasteiger partial charge in [0.05, 0.1) is 32.5 Å². The zero-order valence-corrected chi connectivity index (χ0v) is 29.9. The van der Waals surface area contributed by atoms with E-state index in [1.54, 1.807) is 7.11 Å². The molecule has 4 aromatic carbocycles. The molecule has 0 spiro atoms. The minimum absolute atomic E-state index is 0.000629. The lowest BCUT2D eigenvalue weighted by molar-refractivity contribution is -0.253. The van der Waals surface area contributed by atoms with Crippen LogP contribution in [0.15, 0.2) is 103 Å². The van der Waals surface area contributed by atoms with Crippen molar-refractivity contribution in [2.24, 2.45) is 0 Å². The number of urea groups is 1. The second kappa shape index (κ2) is 18.3. The van der Waals surface area contributed by atoms with Gasteiger partial charge in [-0.2, -0.15) is 0 Å². The van der Waals surface area contributed by atoms with Gasteiger partial charge in [0.15, 0.2) is 6.29 Å². The molecule has 0 saturated carbocycles. The molecule has 5 unspecified atom stereocenters. The van der Waals surface area contributed by atoms with Crippen molar-refractivity contribution in [3.63, 3.8) is 0 Å². The third kappa shape index (κ3) is 9.64. The first-order valence-corrected chi connectivity index (χ1v) is 18.0. The molecule has 4 aromatic rings. The smallest absolute Gasteiger partial charge is 0.328 e. The number of nitrogens with one attached hydrogen (secondary N) is 2. The molecule has 2 aliphatic rings. The number of benzene rings is 4. The van der Waals surface area contributed by atoms with Crippen LogP contribution in [-0.4, -0.2) is 74.1 Å². The number of aliphatic hydroxyl groups is 1. The Labute approximate surface area is 306 Å². The van der Waals surface area contributed by atoms with E-state index in [4.69, 9.17) is 18.9 Å². The standard InChI is InChI=1S/C42H49N3O7/c1-49-28-35-12-8-22-45(35)26-36-24-39(32-16-14-30(27-46)15-17-32)52-41(51-36)33-20-18-31(19-21-33)37-13-7-6-11-34(37)25-43-42(48)44-38(40(47)50-2)23-29-9-4-3-5-10-29/h3-7,9-11,13-21,35-36,38-39,41,46H,8,12,22-28H2,1-2H3,(H2,43,44,48). The number of methoxy groups -OCH3 is 2. The van der Waals surface area contributed by atoms with E-state index < -0.39 is 24.3 Å². The van der Waals surface area contributed by atoms with Gasteiger partial charge < -0.3 is 34.7 Å². The van der Waals surface area contributed by atoms with Gasteiger partial charge in [0.1, 0.15) is 6.04 Å². The van der Waals surface area contributed by atoms with Crippen molar-refractivity contribution in [1.82, 2.24) is 15.5 Å². The van der Waals surface area contributed by atoms with Crippen LogP contribution in [0.1, 0.15) is 59.5 Å². The maximum absolute atomic E-state index is 13.0. The summed E-state index contributed by atoms with van der Waals surface area (Å²) in [6.07, 6.45) is 2.56. The van der Waals surface area contributed by atoms with Crippen LogP contribution in [0.2, 0.25) is 0 Å². The maximum atomic E-state index is 13.0. The number of rotatable bonds is 14. The molecule has 274 valence electrons. The van der Waals surface area contributed by atoms with E-state index in [-0.39, 0.29) is 25.4 Å². The number of carbonyl (C=O) groups excluding carboxylic acids is 2. The lowest BCUT2D eigenvalue weighted by Gasteiger charge is -2.38. The van der Waals surface area contributed by atoms with Crippen molar-refractivity contribution in [3.8, 4) is 11.1 Å². The third-order valence-corrected chi connectivity index (χ3v) is 9.94. The van der Waals surface area contributed by atoms with Crippen molar-refractivity contribution in [2.45, 2.75) is 69.4 Å². The van der Waals surface area contributed by atoms with E-state index in [1.807, 2.05) is 91.0 Å². The van der Waals surface area contributed by atoms with Crippen molar-refractivity contribution >= 4 is 12.0 Å². The number of hydrogen-bond donors (Lipinski definition) is 3. The average molecular weight is 708 g/mol. The van der Waals surface area contributed by atoms with Gasteiger partial charge in [-0.3, -0.25) is 4.90 Å². The Morgan fingerprint density at radius 3 is 2.35 bits per heavy atom. The molecule has 10 heteroatoms. The van der Waals surface area contributed by atoms with Gasteiger partial charge in [-0.05, 0) is 52.8 Å². The minimum atomic E-state index is -0.819. The monoisotopic (exact) mass is 707 g/mol. The molecule has 0 bridgehead atoms. The van der Waals surface area contributed by atoms with Crippen molar-refractivity contribution < 1.29 is 33.6 Å². The molecular formula is C42H49N3O7. The summed E-state index contributed by atoms with van der Waals surface area (Å²) in [6, 6.07) is 32.7. The highest BCUT2D eigenvalue weighted by molar-refractivity contribution is 5.84. The molecule has 52 heavy (non-hydrogen) atoms. The molecule has 2 amide bonds. The largest absolute Gasteiger partial charge is 0.467 e. The highest BCUT2D eigenvalue weighted by Gasteiger charge is 2.35. The van der Waals surface area contributed by atoms with Crippen LogP contribution in [0, 0.1) is 0 Å². The molecule has 0 aliphatic carbocycles. The topological polar surface area (TPSA) is 119 Å². The van der Waals surface area contributed by atoms with Crippen LogP contribution in [0.3, 0.4) is 0 Å². The number of hydrogen-bond acceptors (Lipinski definition) is 8. The van der Waals surface area contributed by atoms with Crippen LogP contribution in [-0.2, 0) is 43.3 Å². The van der Waals surface area contributed by atoms with Crippen LogP contribution in [0.4, 0.5) is 4.79 Å². The second-order valence-corrected chi connectivity index (χ2v) is 13.5. The van der Waals surface area contributed by atoms with Crippen LogP contribution in [0.5, 0.6) is 0 Å². The van der Waals surface area contributed by atoms with Gasteiger partial charge in [0.25, 0.3) is 0 Å². The molecule has 2 aliphatic heterocycles. The predicted octanol–water partition coefficient (Wildman–Crippen LogP) is 6.09. The van der Waals surface area contributed by atoms with Gasteiger partial charge in [0, 0.05) is 44.6 Å². The Hall–Kier alpha value is -4.58. The fraction of sp³-hybridized carbons (Fsp3) is 0.381. The summed E-state index contributed by atoms with van der Waals surface area (Å²) in [6.45, 7) is 2.80. The summed E-state index contributed by atoms with van der Waals surface area (Å²) in [5.41, 5.74) is 6.65. The Morgan fingerprint density at radius 2 is 1.62 bits per heavy atom. The number of amides is 2. The predicted molar refractivity (Wildman–Crippen MR) is 198 cm³/mol. The molecule has 2 saturated heterocycles. The summed E-state index contributed by atoms with van der Waals surface area (Å²) in [5, 5.41) is 15.3. The van der Waals surface area contributed by atoms with E-state index in [1.165, 1.54) is 7.11 Å². The zero-order chi connectivity index (χ0) is 36.3. The average Bonchev–Trinajstić information content (AvgIpc) is 3.63. The molecule has 0 aromatic heterocycles. The zero-order valence-electron chi connectivity index (χ0n) is 29.9. The minimum Gasteiger partial charge on any atom is -0.467 e. The van der Waals surface area contributed by atoms with Crippen LogP contribution >= 0.6 is 0 Å². The first-order valence-electron chi connectivity index (χ1n) is 18.0. The first-order chi connectivity index (χ1) is 25.4. The SMILES string of the molecule is COCC1CCCN1CC1CC(c2ccc(CO)cc2)OC(c2ccc(-c3ccccc3CNC(=O)NC(Cc3ccccc3)C(=O)OC)cc2)O1. The van der Waals surface area contributed by atoms with E-state index in [0.717, 1.165) is 71.3 Å². The number of carbonyl (C=O) groups is 2. The molecule has 5 atom stereocenters. The van der Waals surface area contributed by atoms with Crippen LogP contribution in [0.25, 0.3) is 11.1 Å². The summed E-state index contributed by atoms with van der Waals surface area (Å²) < 4.78 is 23.7. The summed E-state index contributed by atoms with van der Waals surface area (Å²) >= 11 is 0. The second-order valence-electron chi connectivity index (χ2n) is 13.5. The molecule has 10 nitrogen and oxygen atoms in total. The number of likely N-dealkylation sites (tertiary alicyclic amines) is 1. The molecule has 2 fully saturated rings. The van der Waals surface area contributed by atoms with Gasteiger partial charge in [0.2, 0.25) is 0 Å². The van der Waals surface area contributed by atoms with Crippen LogP contribution < -0.4 is 10.6 Å². The fourth-order valence-corrected chi connectivity index (χ4v) is 7.16. The Morgan fingerprint density at radius 1 is 0.885 bits per heavy atom. The number of esters is 1. The number of ether oxygens (including phenoxy) is 4. The molecular weight excluding hydrogens is 658 g/mol. The normalized spacial score (nSPS) is 21.0. The van der Waals surface area contributed by atoms with Gasteiger partial charge in [-0.1, -0.05) is 103 Å². The van der Waals surface area contributed by atoms with E-state index >= 15 is 0 Å². The third-order valence-electron chi connectivity index (χ3n) is 9.94. The van der Waals surface area contributed by atoms with Gasteiger partial charge in [-0.15, -0.1) is 0 Å². The quantitative estimate of drug-likeness (QED) is 0.135. The number of nitrogens with zero attached hydrogens (tertiary/aromatic N) is 1. The molecule has 0 radical (unpaired) electrons. The molecule has 2 heterocycles. The van der Waals surface area contributed by atoms with Crippen molar-refractivity contribution in [1.29, 1.82) is 0 Å². The number of aliphatic hydroxyl groups excluding tert-OH is 1. The molecule has 3 N–H and O–H groups in total. The Kier molecular flexibility index (Phi) is 13.1. The Bertz CT molecular complexity index is 1730. The van der Waals surface area contributed by atoms with Gasteiger partial charge >= 0.3 is 12.0 Å². The van der Waals surface area contributed by atoms with Crippen molar-refractivity contribution in [3.05, 3.63) is 131 Å². The Balaban J connectivity index is 1.14. The fourth-order valence-electron chi connectivity index (χ4n) is 7.16. The van der Waals surface area contributed by atoms with E-state index in [9.17, 15) is 14.7 Å².